The number of hydrogen-bond donors (Lipinski definition) is 1. The third-order valence-electron chi connectivity index (χ3n) is 3.48. The lowest BCUT2D eigenvalue weighted by molar-refractivity contribution is 0.398. The third kappa shape index (κ3) is 2.73. The van der Waals surface area contributed by atoms with Gasteiger partial charge in [0.1, 0.15) is 0 Å². The van der Waals surface area contributed by atoms with Crippen molar-refractivity contribution >= 4 is 34.7 Å². The molecule has 0 saturated heterocycles. The molecule has 0 aliphatic heterocycles. The number of nitrogens with one attached hydrogen (secondary N) is 1. The highest BCUT2D eigenvalue weighted by molar-refractivity contribution is 7.71. The standard InChI is InChI=1S/C15H17N3OS2/c1-9(8-11-5-4-10(2)21-11)18-14-12(16-15(18)20)6-7-13(17-14)19-3/h4-7,9H,8H2,1-3H3,(H,16,20). The number of hydrogen-bond acceptors (Lipinski definition) is 4. The number of rotatable bonds is 4. The van der Waals surface area contributed by atoms with Gasteiger partial charge in [0.2, 0.25) is 5.88 Å². The van der Waals surface area contributed by atoms with Crippen molar-refractivity contribution in [2.45, 2.75) is 26.3 Å². The van der Waals surface area contributed by atoms with E-state index in [0.29, 0.717) is 10.7 Å². The van der Waals surface area contributed by atoms with Gasteiger partial charge in [-0.2, -0.15) is 4.98 Å². The fraction of sp³-hybridized carbons (Fsp3) is 0.333. The largest absolute Gasteiger partial charge is 0.481 e. The Morgan fingerprint density at radius 2 is 2.19 bits per heavy atom. The number of pyridine rings is 1. The minimum Gasteiger partial charge on any atom is -0.481 e. The van der Waals surface area contributed by atoms with E-state index in [4.69, 9.17) is 17.0 Å². The number of aromatic nitrogens is 3. The van der Waals surface area contributed by atoms with Gasteiger partial charge in [-0.1, -0.05) is 0 Å². The van der Waals surface area contributed by atoms with Crippen LogP contribution in [0.2, 0.25) is 0 Å². The molecule has 110 valence electrons. The first-order valence-electron chi connectivity index (χ1n) is 6.79. The molecular formula is C15H17N3OS2. The van der Waals surface area contributed by atoms with E-state index >= 15 is 0 Å². The van der Waals surface area contributed by atoms with Crippen molar-refractivity contribution in [3.63, 3.8) is 0 Å². The quantitative estimate of drug-likeness (QED) is 0.730. The van der Waals surface area contributed by atoms with Crippen LogP contribution >= 0.6 is 23.6 Å². The Kier molecular flexibility index (Phi) is 3.82. The average molecular weight is 319 g/mol. The maximum Gasteiger partial charge on any atom is 0.215 e. The molecule has 1 unspecified atom stereocenters. The van der Waals surface area contributed by atoms with E-state index in [2.05, 4.69) is 40.5 Å². The molecule has 3 aromatic rings. The molecule has 6 heteroatoms. The fourth-order valence-corrected chi connectivity index (χ4v) is 3.87. The summed E-state index contributed by atoms with van der Waals surface area (Å²) in [5.74, 6) is 0.601. The molecule has 3 rings (SSSR count). The smallest absolute Gasteiger partial charge is 0.215 e. The van der Waals surface area contributed by atoms with Crippen LogP contribution in [0.25, 0.3) is 11.2 Å². The SMILES string of the molecule is COc1ccc2[nH]c(=S)n(C(C)Cc3ccc(C)s3)c2n1. The average Bonchev–Trinajstić information content (AvgIpc) is 3.00. The molecule has 21 heavy (non-hydrogen) atoms. The topological polar surface area (TPSA) is 42.8 Å². The molecule has 1 N–H and O–H groups in total. The molecule has 1 atom stereocenters. The lowest BCUT2D eigenvalue weighted by Gasteiger charge is -2.13. The molecule has 4 nitrogen and oxygen atoms in total. The summed E-state index contributed by atoms with van der Waals surface area (Å²) in [6, 6.07) is 8.37. The lowest BCUT2D eigenvalue weighted by atomic mass is 10.2. The zero-order valence-corrected chi connectivity index (χ0v) is 13.8. The molecule has 0 amide bonds. The van der Waals surface area contributed by atoms with Crippen molar-refractivity contribution in [3.05, 3.63) is 38.8 Å². The van der Waals surface area contributed by atoms with E-state index in [1.165, 1.54) is 9.75 Å². The number of thiophene rings is 1. The highest BCUT2D eigenvalue weighted by atomic mass is 32.1. The summed E-state index contributed by atoms with van der Waals surface area (Å²) in [5.41, 5.74) is 1.79. The van der Waals surface area contributed by atoms with E-state index < -0.39 is 0 Å². The summed E-state index contributed by atoms with van der Waals surface area (Å²) in [6.07, 6.45) is 0.943. The lowest BCUT2D eigenvalue weighted by Crippen LogP contribution is -2.08. The van der Waals surface area contributed by atoms with Crippen LogP contribution in [-0.4, -0.2) is 21.6 Å². The first-order chi connectivity index (χ1) is 10.1. The van der Waals surface area contributed by atoms with Gasteiger partial charge in [-0.15, -0.1) is 11.3 Å². The predicted molar refractivity (Wildman–Crippen MR) is 88.9 cm³/mol. The zero-order chi connectivity index (χ0) is 15.0. The molecular weight excluding hydrogens is 302 g/mol. The number of methoxy groups -OCH3 is 1. The second kappa shape index (κ2) is 5.61. The summed E-state index contributed by atoms with van der Waals surface area (Å²) in [5, 5.41) is 0. The molecule has 0 fully saturated rings. The molecule has 0 saturated carbocycles. The van der Waals surface area contributed by atoms with Crippen LogP contribution in [0.5, 0.6) is 5.88 Å². The Labute approximate surface area is 132 Å². The zero-order valence-electron chi connectivity index (χ0n) is 12.2. The van der Waals surface area contributed by atoms with E-state index in [0.717, 1.165) is 17.6 Å². The van der Waals surface area contributed by atoms with Gasteiger partial charge < -0.3 is 9.72 Å². The van der Waals surface area contributed by atoms with Gasteiger partial charge >= 0.3 is 0 Å². The highest BCUT2D eigenvalue weighted by Crippen LogP contribution is 2.25. The van der Waals surface area contributed by atoms with Crippen LogP contribution in [0.4, 0.5) is 0 Å². The van der Waals surface area contributed by atoms with Gasteiger partial charge in [0.05, 0.1) is 12.6 Å². The number of ether oxygens (including phenoxy) is 1. The Hall–Kier alpha value is -1.66. The fourth-order valence-electron chi connectivity index (χ4n) is 2.48. The van der Waals surface area contributed by atoms with Crippen LogP contribution in [-0.2, 0) is 6.42 Å². The van der Waals surface area contributed by atoms with Crippen molar-refractivity contribution in [1.82, 2.24) is 14.5 Å². The number of aromatic amines is 1. The van der Waals surface area contributed by atoms with E-state index in [9.17, 15) is 0 Å². The van der Waals surface area contributed by atoms with Crippen LogP contribution < -0.4 is 4.74 Å². The summed E-state index contributed by atoms with van der Waals surface area (Å²) in [6.45, 7) is 4.29. The molecule has 0 aliphatic rings. The summed E-state index contributed by atoms with van der Waals surface area (Å²) in [7, 11) is 1.62. The second-order valence-electron chi connectivity index (χ2n) is 5.09. The van der Waals surface area contributed by atoms with Crippen LogP contribution in [0.1, 0.15) is 22.7 Å². The molecule has 0 spiro atoms. The predicted octanol–water partition coefficient (Wildman–Crippen LogP) is 4.28. The summed E-state index contributed by atoms with van der Waals surface area (Å²) in [4.78, 5) is 10.4. The number of imidazole rings is 1. The number of fused-ring (bicyclic) bond motifs is 1. The molecule has 0 aromatic carbocycles. The van der Waals surface area contributed by atoms with Gasteiger partial charge in [0, 0.05) is 28.3 Å². The van der Waals surface area contributed by atoms with E-state index in [1.807, 2.05) is 23.5 Å². The molecule has 0 aliphatic carbocycles. The van der Waals surface area contributed by atoms with E-state index in [-0.39, 0.29) is 6.04 Å². The Morgan fingerprint density at radius 3 is 2.86 bits per heavy atom. The van der Waals surface area contributed by atoms with Gasteiger partial charge in [-0.25, -0.2) is 0 Å². The van der Waals surface area contributed by atoms with Gasteiger partial charge in [-0.05, 0) is 44.3 Å². The van der Waals surface area contributed by atoms with Crippen molar-refractivity contribution in [3.8, 4) is 5.88 Å². The number of H-pyrrole nitrogens is 1. The molecule has 3 aromatic heterocycles. The van der Waals surface area contributed by atoms with Crippen molar-refractivity contribution in [2.24, 2.45) is 0 Å². The first kappa shape index (κ1) is 14.3. The number of nitrogens with zero attached hydrogens (tertiary/aromatic N) is 2. The third-order valence-corrected chi connectivity index (χ3v) is 4.80. The van der Waals surface area contributed by atoms with Crippen LogP contribution in [0.15, 0.2) is 24.3 Å². The Morgan fingerprint density at radius 1 is 1.38 bits per heavy atom. The second-order valence-corrected chi connectivity index (χ2v) is 6.85. The van der Waals surface area contributed by atoms with Crippen LogP contribution in [0, 0.1) is 11.7 Å². The van der Waals surface area contributed by atoms with Crippen molar-refractivity contribution in [1.29, 1.82) is 0 Å². The van der Waals surface area contributed by atoms with Gasteiger partial charge in [0.25, 0.3) is 0 Å². The van der Waals surface area contributed by atoms with Crippen molar-refractivity contribution in [2.75, 3.05) is 7.11 Å². The van der Waals surface area contributed by atoms with Gasteiger partial charge in [0.15, 0.2) is 10.4 Å². The maximum absolute atomic E-state index is 5.46. The highest BCUT2D eigenvalue weighted by Gasteiger charge is 2.14. The first-order valence-corrected chi connectivity index (χ1v) is 8.01. The van der Waals surface area contributed by atoms with E-state index in [1.54, 1.807) is 7.11 Å². The van der Waals surface area contributed by atoms with Crippen molar-refractivity contribution < 1.29 is 4.74 Å². The molecule has 3 heterocycles. The Bertz CT molecular complexity index is 831. The summed E-state index contributed by atoms with van der Waals surface area (Å²) < 4.78 is 7.99. The number of aryl methyl sites for hydroxylation is 1. The summed E-state index contributed by atoms with van der Waals surface area (Å²) >= 11 is 7.29. The maximum atomic E-state index is 5.46. The molecule has 0 radical (unpaired) electrons. The Balaban J connectivity index is 2.02. The normalized spacial score (nSPS) is 12.7. The minimum absolute atomic E-state index is 0.240. The van der Waals surface area contributed by atoms with Gasteiger partial charge in [-0.3, -0.25) is 4.57 Å². The monoisotopic (exact) mass is 319 g/mol. The minimum atomic E-state index is 0.240. The molecule has 0 bridgehead atoms. The van der Waals surface area contributed by atoms with Crippen LogP contribution in [0.3, 0.4) is 0 Å².